The molecule has 1 fully saturated rings. The lowest BCUT2D eigenvalue weighted by atomic mass is 10.0. The van der Waals surface area contributed by atoms with Crippen LogP contribution in [0.15, 0.2) is 83.8 Å². The number of nitrogens with zero attached hydrogens (tertiary/aromatic N) is 3. The maximum Gasteiger partial charge on any atom is 0.254 e. The van der Waals surface area contributed by atoms with Crippen LogP contribution < -0.4 is 4.74 Å². The van der Waals surface area contributed by atoms with Crippen molar-refractivity contribution in [3.63, 3.8) is 0 Å². The molecule has 5 rings (SSSR count). The van der Waals surface area contributed by atoms with Crippen LogP contribution >= 0.6 is 0 Å². The van der Waals surface area contributed by atoms with E-state index in [4.69, 9.17) is 9.72 Å². The van der Waals surface area contributed by atoms with Crippen LogP contribution in [-0.4, -0.2) is 69.3 Å². The summed E-state index contributed by atoms with van der Waals surface area (Å²) in [5.41, 5.74) is 5.92. The van der Waals surface area contributed by atoms with E-state index < -0.39 is 9.84 Å². The van der Waals surface area contributed by atoms with Gasteiger partial charge in [-0.15, -0.1) is 0 Å². The molecule has 234 valence electrons. The third kappa shape index (κ3) is 7.26. The molecule has 3 aromatic carbocycles. The van der Waals surface area contributed by atoms with Crippen molar-refractivity contribution in [3.05, 3.63) is 113 Å². The lowest BCUT2D eigenvalue weighted by Gasteiger charge is -2.18. The van der Waals surface area contributed by atoms with Gasteiger partial charge in [-0.2, -0.15) is 0 Å². The van der Waals surface area contributed by atoms with E-state index in [1.54, 1.807) is 56.6 Å². The molecule has 0 N–H and O–H groups in total. The van der Waals surface area contributed by atoms with Crippen LogP contribution in [0, 0.1) is 19.8 Å². The molecule has 1 aliphatic heterocycles. The van der Waals surface area contributed by atoms with Gasteiger partial charge in [0, 0.05) is 44.0 Å². The summed E-state index contributed by atoms with van der Waals surface area (Å²) in [4.78, 5) is 33.9. The number of hydrogen-bond acceptors (Lipinski definition) is 6. The summed E-state index contributed by atoms with van der Waals surface area (Å²) in [5, 5.41) is 0. The van der Waals surface area contributed by atoms with Gasteiger partial charge in [0.1, 0.15) is 10.6 Å². The molecule has 1 atom stereocenters. The monoisotopic (exact) mass is 625 g/mol. The van der Waals surface area contributed by atoms with E-state index in [-0.39, 0.29) is 34.1 Å². The zero-order chi connectivity index (χ0) is 32.3. The Kier molecular flexibility index (Phi) is 9.39. The summed E-state index contributed by atoms with van der Waals surface area (Å²) >= 11 is 0. The summed E-state index contributed by atoms with van der Waals surface area (Å²) in [6, 6.07) is 23.5. The SMILES string of the molecule is COc1ccc(-c2cccc(C(=O)N(C)C)c2)cc1S(=O)(=O)Cc1cccc(CC2CCN(C(=O)c3cc(C)ccc3C)C2)n1. The zero-order valence-electron chi connectivity index (χ0n) is 26.4. The predicted octanol–water partition coefficient (Wildman–Crippen LogP) is 5.75. The van der Waals surface area contributed by atoms with Gasteiger partial charge < -0.3 is 14.5 Å². The standard InChI is InChI=1S/C36H39N3O5S/c1-24-12-13-25(2)32(18-24)36(41)39-17-16-26(22-39)19-30-10-7-11-31(37-30)23-45(42,43)34-21-28(14-15-33(34)44-5)27-8-6-9-29(20-27)35(40)38(3)4/h6-15,18,20-21,26H,16-17,19,22-23H2,1-5H3. The second-order valence-electron chi connectivity index (χ2n) is 12.0. The van der Waals surface area contributed by atoms with Crippen molar-refractivity contribution in [1.82, 2.24) is 14.8 Å². The van der Waals surface area contributed by atoms with Crippen molar-refractivity contribution in [2.45, 2.75) is 37.3 Å². The summed E-state index contributed by atoms with van der Waals surface area (Å²) in [6.45, 7) is 5.28. The van der Waals surface area contributed by atoms with Gasteiger partial charge in [-0.25, -0.2) is 8.42 Å². The van der Waals surface area contributed by atoms with Gasteiger partial charge in [0.05, 0.1) is 18.6 Å². The van der Waals surface area contributed by atoms with E-state index in [1.165, 1.54) is 12.0 Å². The van der Waals surface area contributed by atoms with Crippen LogP contribution in [-0.2, 0) is 22.0 Å². The number of carbonyl (C=O) groups excluding carboxylic acids is 2. The van der Waals surface area contributed by atoms with Gasteiger partial charge >= 0.3 is 0 Å². The molecule has 4 aromatic rings. The van der Waals surface area contributed by atoms with Crippen molar-refractivity contribution in [3.8, 4) is 16.9 Å². The second kappa shape index (κ2) is 13.2. The first-order valence-corrected chi connectivity index (χ1v) is 16.6. The fourth-order valence-electron chi connectivity index (χ4n) is 5.80. The van der Waals surface area contributed by atoms with Crippen molar-refractivity contribution in [2.24, 2.45) is 5.92 Å². The number of hydrogen-bond donors (Lipinski definition) is 0. The van der Waals surface area contributed by atoms with E-state index in [9.17, 15) is 18.0 Å². The van der Waals surface area contributed by atoms with Gasteiger partial charge in [0.15, 0.2) is 9.84 Å². The molecule has 0 bridgehead atoms. The minimum atomic E-state index is -3.84. The van der Waals surface area contributed by atoms with E-state index in [2.05, 4.69) is 0 Å². The summed E-state index contributed by atoms with van der Waals surface area (Å²) < 4.78 is 33.0. The van der Waals surface area contributed by atoms with Gasteiger partial charge in [0.2, 0.25) is 0 Å². The third-order valence-electron chi connectivity index (χ3n) is 8.24. The number of likely N-dealkylation sites (tertiary alicyclic amines) is 1. The van der Waals surface area contributed by atoms with E-state index in [1.807, 2.05) is 55.1 Å². The second-order valence-corrected chi connectivity index (χ2v) is 13.9. The Labute approximate surface area is 265 Å². The number of rotatable bonds is 9. The van der Waals surface area contributed by atoms with Crippen LogP contribution in [0.1, 0.15) is 49.7 Å². The highest BCUT2D eigenvalue weighted by molar-refractivity contribution is 7.90. The molecule has 8 nitrogen and oxygen atoms in total. The van der Waals surface area contributed by atoms with Gasteiger partial charge in [-0.05, 0) is 91.8 Å². The number of pyridine rings is 1. The van der Waals surface area contributed by atoms with Crippen LogP contribution in [0.2, 0.25) is 0 Å². The Morgan fingerprint density at radius 2 is 1.67 bits per heavy atom. The average molecular weight is 626 g/mol. The summed E-state index contributed by atoms with van der Waals surface area (Å²) in [6.07, 6.45) is 1.53. The molecular formula is C36H39N3O5S. The molecule has 45 heavy (non-hydrogen) atoms. The number of carbonyl (C=O) groups is 2. The van der Waals surface area contributed by atoms with Gasteiger partial charge in [0.25, 0.3) is 11.8 Å². The lowest BCUT2D eigenvalue weighted by molar-refractivity contribution is 0.0785. The molecule has 0 radical (unpaired) electrons. The van der Waals surface area contributed by atoms with Crippen molar-refractivity contribution in [1.29, 1.82) is 0 Å². The molecule has 2 heterocycles. The highest BCUT2D eigenvalue weighted by Gasteiger charge is 2.29. The molecule has 0 saturated carbocycles. The maximum atomic E-state index is 13.8. The van der Waals surface area contributed by atoms with Gasteiger partial charge in [-0.3, -0.25) is 14.6 Å². The maximum absolute atomic E-state index is 13.8. The number of amides is 2. The molecule has 1 aliphatic rings. The highest BCUT2D eigenvalue weighted by atomic mass is 32.2. The Hall–Kier alpha value is -4.50. The average Bonchev–Trinajstić information content (AvgIpc) is 3.49. The van der Waals surface area contributed by atoms with Crippen molar-refractivity contribution >= 4 is 21.7 Å². The van der Waals surface area contributed by atoms with Gasteiger partial charge in [-0.1, -0.05) is 42.0 Å². The lowest BCUT2D eigenvalue weighted by Crippen LogP contribution is -2.29. The first kappa shape index (κ1) is 31.9. The zero-order valence-corrected chi connectivity index (χ0v) is 27.2. The number of benzene rings is 3. The minimum absolute atomic E-state index is 0.0544. The Morgan fingerprint density at radius 1 is 0.933 bits per heavy atom. The topological polar surface area (TPSA) is 96.9 Å². The summed E-state index contributed by atoms with van der Waals surface area (Å²) in [7, 11) is 0.974. The van der Waals surface area contributed by atoms with Crippen LogP contribution in [0.3, 0.4) is 0 Å². The number of ether oxygens (including phenoxy) is 1. The normalized spacial score (nSPS) is 14.8. The van der Waals surface area contributed by atoms with E-state index in [0.717, 1.165) is 34.4 Å². The van der Waals surface area contributed by atoms with E-state index >= 15 is 0 Å². The van der Waals surface area contributed by atoms with Crippen LogP contribution in [0.25, 0.3) is 11.1 Å². The molecule has 2 amide bonds. The molecule has 0 spiro atoms. The smallest absolute Gasteiger partial charge is 0.254 e. The quantitative estimate of drug-likeness (QED) is 0.235. The number of methoxy groups -OCH3 is 1. The third-order valence-corrected chi connectivity index (χ3v) is 9.91. The largest absolute Gasteiger partial charge is 0.495 e. The molecule has 1 saturated heterocycles. The Balaban J connectivity index is 1.32. The first-order valence-electron chi connectivity index (χ1n) is 15.0. The molecular weight excluding hydrogens is 586 g/mol. The Bertz CT molecular complexity index is 1850. The molecule has 9 heteroatoms. The fourth-order valence-corrected chi connectivity index (χ4v) is 7.27. The van der Waals surface area contributed by atoms with E-state index in [0.29, 0.717) is 36.3 Å². The fraction of sp³-hybridized carbons (Fsp3) is 0.306. The number of aromatic nitrogens is 1. The van der Waals surface area contributed by atoms with Crippen molar-refractivity contribution in [2.75, 3.05) is 34.3 Å². The number of aryl methyl sites for hydroxylation is 2. The Morgan fingerprint density at radius 3 is 2.42 bits per heavy atom. The van der Waals surface area contributed by atoms with Crippen LogP contribution in [0.5, 0.6) is 5.75 Å². The predicted molar refractivity (Wildman–Crippen MR) is 175 cm³/mol. The molecule has 1 aromatic heterocycles. The first-order chi connectivity index (χ1) is 21.4. The highest BCUT2D eigenvalue weighted by Crippen LogP contribution is 2.32. The minimum Gasteiger partial charge on any atom is -0.495 e. The van der Waals surface area contributed by atoms with Crippen LogP contribution in [0.4, 0.5) is 0 Å². The molecule has 0 aliphatic carbocycles. The summed E-state index contributed by atoms with van der Waals surface area (Å²) in [5.74, 6) is 0.114. The molecule has 1 unspecified atom stereocenters. The van der Waals surface area contributed by atoms with Crippen molar-refractivity contribution < 1.29 is 22.7 Å². The number of sulfone groups is 1.